The summed E-state index contributed by atoms with van der Waals surface area (Å²) in [6.07, 6.45) is -2.97. The van der Waals surface area contributed by atoms with E-state index in [0.717, 1.165) is 0 Å². The van der Waals surface area contributed by atoms with Crippen LogP contribution in [-0.2, 0) is 4.74 Å². The standard InChI is InChI=1S/C10H14N6O5/c17-1-3-5(18)6(19)9(21-3)15-16-10-13-7-4(8(20)14-10)11-2-12-7/h2-3,5-6,9,15,17-19H,1H2,(H3,11,12,13,14,16,20)/t3-,5-,6-,9?/m1/s1. The Hall–Kier alpha value is -2.05. The Morgan fingerprint density at radius 1 is 1.38 bits per heavy atom. The van der Waals surface area contributed by atoms with Crippen molar-refractivity contribution in [3.63, 3.8) is 0 Å². The zero-order valence-electron chi connectivity index (χ0n) is 10.6. The van der Waals surface area contributed by atoms with Gasteiger partial charge in [0.2, 0.25) is 5.95 Å². The fourth-order valence-electron chi connectivity index (χ4n) is 2.06. The Labute approximate surface area is 117 Å². The minimum atomic E-state index is -1.24. The first-order valence-electron chi connectivity index (χ1n) is 6.17. The van der Waals surface area contributed by atoms with E-state index in [0.29, 0.717) is 0 Å². The van der Waals surface area contributed by atoms with Crippen LogP contribution in [0.1, 0.15) is 0 Å². The van der Waals surface area contributed by atoms with Crippen LogP contribution in [0.15, 0.2) is 11.1 Å². The maximum Gasteiger partial charge on any atom is 0.278 e. The maximum absolute atomic E-state index is 11.7. The van der Waals surface area contributed by atoms with E-state index in [9.17, 15) is 15.0 Å². The van der Waals surface area contributed by atoms with E-state index in [1.165, 1.54) is 6.33 Å². The molecule has 1 aliphatic rings. The van der Waals surface area contributed by atoms with E-state index in [1.54, 1.807) is 0 Å². The SMILES string of the molecule is O=c1[nH]c(NNC2O[C@H](CO)[C@@H](O)[C@H]2O)nc2nc[nH]c12. The molecule has 2 aromatic heterocycles. The Morgan fingerprint density at radius 3 is 2.90 bits per heavy atom. The van der Waals surface area contributed by atoms with Crippen molar-refractivity contribution in [2.75, 3.05) is 12.0 Å². The van der Waals surface area contributed by atoms with Gasteiger partial charge in [0, 0.05) is 0 Å². The normalized spacial score (nSPS) is 29.1. The van der Waals surface area contributed by atoms with E-state index in [4.69, 9.17) is 9.84 Å². The molecular weight excluding hydrogens is 284 g/mol. The molecule has 1 fully saturated rings. The predicted molar refractivity (Wildman–Crippen MR) is 69.0 cm³/mol. The highest BCUT2D eigenvalue weighted by atomic mass is 16.6. The van der Waals surface area contributed by atoms with E-state index in [2.05, 4.69) is 30.8 Å². The summed E-state index contributed by atoms with van der Waals surface area (Å²) in [5.74, 6) is 0.0670. The molecule has 0 amide bonds. The van der Waals surface area contributed by atoms with Crippen molar-refractivity contribution in [3.05, 3.63) is 16.7 Å². The molecule has 3 rings (SSSR count). The van der Waals surface area contributed by atoms with Crippen LogP contribution in [0.5, 0.6) is 0 Å². The van der Waals surface area contributed by atoms with Gasteiger partial charge in [-0.05, 0) is 0 Å². The van der Waals surface area contributed by atoms with Gasteiger partial charge < -0.3 is 25.0 Å². The van der Waals surface area contributed by atoms with E-state index in [-0.39, 0.29) is 17.1 Å². The molecule has 0 spiro atoms. The van der Waals surface area contributed by atoms with Crippen molar-refractivity contribution in [1.29, 1.82) is 0 Å². The molecule has 0 radical (unpaired) electrons. The van der Waals surface area contributed by atoms with Gasteiger partial charge in [0.05, 0.1) is 12.9 Å². The number of rotatable bonds is 4. The highest BCUT2D eigenvalue weighted by Gasteiger charge is 2.42. The molecule has 11 heteroatoms. The summed E-state index contributed by atoms with van der Waals surface area (Å²) in [7, 11) is 0. The number of H-pyrrole nitrogens is 2. The van der Waals surface area contributed by atoms with Crippen molar-refractivity contribution in [1.82, 2.24) is 25.4 Å². The molecule has 2 aromatic rings. The number of aromatic nitrogens is 4. The van der Waals surface area contributed by atoms with Crippen LogP contribution in [0.2, 0.25) is 0 Å². The largest absolute Gasteiger partial charge is 0.394 e. The molecule has 1 aliphatic heterocycles. The fourth-order valence-corrected chi connectivity index (χ4v) is 2.06. The van der Waals surface area contributed by atoms with Crippen molar-refractivity contribution in [3.8, 4) is 0 Å². The molecule has 0 aliphatic carbocycles. The number of aliphatic hydroxyl groups is 3. The average molecular weight is 298 g/mol. The van der Waals surface area contributed by atoms with Gasteiger partial charge in [-0.25, -0.2) is 10.4 Å². The topological polar surface area (TPSA) is 168 Å². The first kappa shape index (κ1) is 13.9. The number of nitrogens with zero attached hydrogens (tertiary/aromatic N) is 2. The van der Waals surface area contributed by atoms with Crippen molar-refractivity contribution in [2.45, 2.75) is 24.5 Å². The number of ether oxygens (including phenoxy) is 1. The Bertz CT molecular complexity index is 686. The van der Waals surface area contributed by atoms with E-state index >= 15 is 0 Å². The Kier molecular flexibility index (Phi) is 3.57. The van der Waals surface area contributed by atoms with Gasteiger partial charge in [0.1, 0.15) is 18.3 Å². The summed E-state index contributed by atoms with van der Waals surface area (Å²) in [5.41, 5.74) is 5.18. The third kappa shape index (κ3) is 2.48. The summed E-state index contributed by atoms with van der Waals surface area (Å²) in [4.78, 5) is 24.7. The summed E-state index contributed by atoms with van der Waals surface area (Å²) >= 11 is 0. The van der Waals surface area contributed by atoms with Gasteiger partial charge >= 0.3 is 0 Å². The zero-order chi connectivity index (χ0) is 15.0. The summed E-state index contributed by atoms with van der Waals surface area (Å²) in [6.45, 7) is -0.426. The van der Waals surface area contributed by atoms with Gasteiger partial charge in [-0.3, -0.25) is 15.2 Å². The molecule has 4 atom stereocenters. The van der Waals surface area contributed by atoms with Crippen LogP contribution in [0.4, 0.5) is 5.95 Å². The number of hydrogen-bond donors (Lipinski definition) is 7. The first-order chi connectivity index (χ1) is 10.1. The maximum atomic E-state index is 11.7. The van der Waals surface area contributed by atoms with Gasteiger partial charge in [-0.15, -0.1) is 0 Å². The lowest BCUT2D eigenvalue weighted by Gasteiger charge is -2.16. The number of aliphatic hydroxyl groups excluding tert-OH is 3. The first-order valence-corrected chi connectivity index (χ1v) is 6.17. The van der Waals surface area contributed by atoms with Crippen LogP contribution < -0.4 is 16.4 Å². The second-order valence-electron chi connectivity index (χ2n) is 4.54. The minimum absolute atomic E-state index is 0.0670. The third-order valence-corrected chi connectivity index (χ3v) is 3.17. The smallest absolute Gasteiger partial charge is 0.278 e. The molecule has 1 saturated heterocycles. The number of nitrogens with one attached hydrogen (secondary N) is 4. The van der Waals surface area contributed by atoms with Crippen LogP contribution in [-0.4, -0.2) is 66.4 Å². The van der Waals surface area contributed by atoms with Crippen LogP contribution in [0.25, 0.3) is 11.2 Å². The zero-order valence-corrected chi connectivity index (χ0v) is 10.6. The number of fused-ring (bicyclic) bond motifs is 1. The van der Waals surface area contributed by atoms with Crippen molar-refractivity contribution >= 4 is 17.1 Å². The second kappa shape index (κ2) is 5.38. The number of imidazole rings is 1. The van der Waals surface area contributed by atoms with Crippen LogP contribution >= 0.6 is 0 Å². The molecule has 21 heavy (non-hydrogen) atoms. The highest BCUT2D eigenvalue weighted by Crippen LogP contribution is 2.19. The molecule has 11 nitrogen and oxygen atoms in total. The van der Waals surface area contributed by atoms with Gasteiger partial charge in [-0.2, -0.15) is 4.98 Å². The summed E-state index contributed by atoms with van der Waals surface area (Å²) < 4.78 is 5.19. The van der Waals surface area contributed by atoms with Crippen molar-refractivity contribution < 1.29 is 20.1 Å². The van der Waals surface area contributed by atoms with Crippen molar-refractivity contribution in [2.24, 2.45) is 0 Å². The fraction of sp³-hybridized carbons (Fsp3) is 0.500. The molecule has 7 N–H and O–H groups in total. The van der Waals surface area contributed by atoms with Gasteiger partial charge in [-0.1, -0.05) is 0 Å². The second-order valence-corrected chi connectivity index (χ2v) is 4.54. The molecule has 0 aromatic carbocycles. The summed E-state index contributed by atoms with van der Waals surface area (Å²) in [5, 5.41) is 28.3. The predicted octanol–water partition coefficient (Wildman–Crippen LogP) is -3.00. The lowest BCUT2D eigenvalue weighted by Crippen LogP contribution is -2.44. The number of anilines is 1. The quantitative estimate of drug-likeness (QED) is 0.291. The lowest BCUT2D eigenvalue weighted by molar-refractivity contribution is -0.0304. The minimum Gasteiger partial charge on any atom is -0.394 e. The van der Waals surface area contributed by atoms with Gasteiger partial charge in [0.25, 0.3) is 5.56 Å². The molecule has 0 saturated carbocycles. The van der Waals surface area contributed by atoms with Crippen LogP contribution in [0.3, 0.4) is 0 Å². The Balaban J connectivity index is 1.70. The number of hydrogen-bond acceptors (Lipinski definition) is 9. The Morgan fingerprint density at radius 2 is 2.19 bits per heavy atom. The molecule has 0 bridgehead atoms. The molecule has 3 heterocycles. The van der Waals surface area contributed by atoms with E-state index in [1.807, 2.05) is 0 Å². The average Bonchev–Trinajstić information content (AvgIpc) is 3.04. The third-order valence-electron chi connectivity index (χ3n) is 3.17. The lowest BCUT2D eigenvalue weighted by atomic mass is 10.1. The molecule has 114 valence electrons. The number of aromatic amines is 2. The monoisotopic (exact) mass is 298 g/mol. The van der Waals surface area contributed by atoms with E-state index < -0.39 is 36.7 Å². The molecular formula is C10H14N6O5. The van der Waals surface area contributed by atoms with Gasteiger partial charge in [0.15, 0.2) is 17.4 Å². The highest BCUT2D eigenvalue weighted by molar-refractivity contribution is 5.69. The molecule has 1 unspecified atom stereocenters. The van der Waals surface area contributed by atoms with Crippen LogP contribution in [0, 0.1) is 0 Å². The summed E-state index contributed by atoms with van der Waals surface area (Å²) in [6, 6.07) is 0. The number of hydrazine groups is 1.